The van der Waals surface area contributed by atoms with Crippen LogP contribution in [0.5, 0.6) is 0 Å². The van der Waals surface area contributed by atoms with Crippen molar-refractivity contribution in [3.05, 3.63) is 89.5 Å². The van der Waals surface area contributed by atoms with Gasteiger partial charge in [0.15, 0.2) is 5.78 Å². The minimum absolute atomic E-state index is 0.0562. The van der Waals surface area contributed by atoms with E-state index in [9.17, 15) is 17.8 Å². The van der Waals surface area contributed by atoms with Gasteiger partial charge in [0.1, 0.15) is 11.5 Å². The fourth-order valence-electron chi connectivity index (χ4n) is 6.57. The van der Waals surface area contributed by atoms with Crippen molar-refractivity contribution in [2.24, 2.45) is 12.5 Å². The molecule has 42 heavy (non-hydrogen) atoms. The lowest BCUT2D eigenvalue weighted by Gasteiger charge is -2.47. The number of Topliss-reactive ketones (excluding diaryl/α,β-unsaturated/α-hetero) is 1. The molecule has 4 heterocycles. The number of allylic oxidation sites excluding steroid dienone is 1. The molecule has 0 saturated heterocycles. The second-order valence-electron chi connectivity index (χ2n) is 11.4. The maximum Gasteiger partial charge on any atom is 0.212 e. The van der Waals surface area contributed by atoms with Crippen molar-refractivity contribution in [3.8, 4) is 5.69 Å². The first-order valence-corrected chi connectivity index (χ1v) is 15.5. The summed E-state index contributed by atoms with van der Waals surface area (Å²) in [6.45, 7) is 0. The van der Waals surface area contributed by atoms with E-state index < -0.39 is 26.9 Å². The minimum Gasteiger partial charge on any atom is -0.291 e. The van der Waals surface area contributed by atoms with Crippen molar-refractivity contribution in [2.45, 2.75) is 55.5 Å². The van der Waals surface area contributed by atoms with Crippen molar-refractivity contribution < 1.29 is 17.8 Å². The number of hydrogen-bond donors (Lipinski definition) is 0. The van der Waals surface area contributed by atoms with Gasteiger partial charge in [-0.1, -0.05) is 5.57 Å². The topological polar surface area (TPSA) is 98.8 Å². The SMILES string of the molecule is C=S(=O)(c1cnn(C)c1)N(C1CC1)[C@H]1CCC2=Cc3c(cnn3-c3ccc(F)nc3)C[C@]2(C(=O)c2cc(F)ccn2)C1. The summed E-state index contributed by atoms with van der Waals surface area (Å²) in [7, 11) is -1.11. The molecule has 3 aliphatic carbocycles. The molecule has 7 rings (SSSR count). The van der Waals surface area contributed by atoms with E-state index in [0.717, 1.165) is 29.7 Å². The molecule has 0 spiro atoms. The molecule has 4 aromatic rings. The predicted octanol–water partition coefficient (Wildman–Crippen LogP) is 4.19. The summed E-state index contributed by atoms with van der Waals surface area (Å²) in [6.07, 6.45) is 13.5. The monoisotopic (exact) mass is 589 g/mol. The Kier molecular flexibility index (Phi) is 6.24. The number of hydrogen-bond acceptors (Lipinski definition) is 6. The third kappa shape index (κ3) is 4.40. The number of rotatable bonds is 7. The second kappa shape index (κ2) is 9.77. The van der Waals surface area contributed by atoms with Crippen LogP contribution in [-0.2, 0) is 23.2 Å². The van der Waals surface area contributed by atoms with E-state index >= 15 is 0 Å². The van der Waals surface area contributed by atoms with Crippen molar-refractivity contribution in [1.29, 1.82) is 0 Å². The van der Waals surface area contributed by atoms with Crippen LogP contribution in [0.3, 0.4) is 0 Å². The number of aromatic nitrogens is 6. The maximum absolute atomic E-state index is 14.4. The number of pyridine rings is 2. The molecule has 0 bridgehead atoms. The molecule has 0 amide bonds. The number of aryl methyl sites for hydroxylation is 1. The van der Waals surface area contributed by atoms with Crippen LogP contribution in [-0.4, -0.2) is 61.8 Å². The summed E-state index contributed by atoms with van der Waals surface area (Å²) in [5.41, 5.74) is 2.13. The van der Waals surface area contributed by atoms with Crippen LogP contribution in [0, 0.1) is 17.2 Å². The molecule has 0 aromatic carbocycles. The van der Waals surface area contributed by atoms with Gasteiger partial charge in [-0.15, -0.1) is 0 Å². The summed E-state index contributed by atoms with van der Waals surface area (Å²) in [5, 5.41) is 8.79. The van der Waals surface area contributed by atoms with Crippen LogP contribution < -0.4 is 0 Å². The van der Waals surface area contributed by atoms with E-state index in [1.807, 2.05) is 10.4 Å². The van der Waals surface area contributed by atoms with Gasteiger partial charge >= 0.3 is 0 Å². The quantitative estimate of drug-likeness (QED) is 0.182. The van der Waals surface area contributed by atoms with Crippen LogP contribution in [0.1, 0.15) is 53.8 Å². The van der Waals surface area contributed by atoms with Gasteiger partial charge in [-0.2, -0.15) is 14.6 Å². The lowest BCUT2D eigenvalue weighted by atomic mass is 9.60. The van der Waals surface area contributed by atoms with Crippen LogP contribution in [0.2, 0.25) is 0 Å². The normalized spacial score (nSPS) is 23.1. The van der Waals surface area contributed by atoms with Gasteiger partial charge in [-0.05, 0) is 74.2 Å². The Morgan fingerprint density at radius 1 is 1.10 bits per heavy atom. The molecule has 3 atom stereocenters. The van der Waals surface area contributed by atoms with Crippen molar-refractivity contribution >= 4 is 27.4 Å². The third-order valence-corrected chi connectivity index (χ3v) is 10.9. The average Bonchev–Trinajstić information content (AvgIpc) is 3.55. The first kappa shape index (κ1) is 26.8. The highest BCUT2D eigenvalue weighted by molar-refractivity contribution is 7.98. The molecule has 2 saturated carbocycles. The van der Waals surface area contributed by atoms with Crippen LogP contribution >= 0.6 is 0 Å². The zero-order valence-electron chi connectivity index (χ0n) is 23.0. The lowest BCUT2D eigenvalue weighted by Crippen LogP contribution is -2.51. The maximum atomic E-state index is 14.4. The standard InChI is InChI=1S/C30H29F2N7O2S/c1-37-18-25(17-35-37)42(2,41)39(22-5-6-22)23-4-3-20-11-27-19(15-36-38(27)24-7-8-28(32)34-16-24)13-30(20,14-23)29(40)26-12-21(31)9-10-33-26/h7-12,15-18,22-23H,2-6,13-14H2,1H3/t23-,30-,42?/m0/s1. The van der Waals surface area contributed by atoms with Crippen LogP contribution in [0.4, 0.5) is 8.78 Å². The fourth-order valence-corrected chi connectivity index (χ4v) is 8.69. The fraction of sp³-hybridized carbons (Fsp3) is 0.333. The molecule has 216 valence electrons. The minimum atomic E-state index is -2.88. The Labute approximate surface area is 242 Å². The molecule has 12 heteroatoms. The van der Waals surface area contributed by atoms with Gasteiger partial charge in [-0.25, -0.2) is 22.6 Å². The van der Waals surface area contributed by atoms with Gasteiger partial charge in [-0.3, -0.25) is 14.5 Å². The molecule has 0 aliphatic heterocycles. The van der Waals surface area contributed by atoms with E-state index in [4.69, 9.17) is 0 Å². The molecular formula is C30H29F2N7O2S. The smallest absolute Gasteiger partial charge is 0.212 e. The average molecular weight is 590 g/mol. The van der Waals surface area contributed by atoms with Gasteiger partial charge in [0.05, 0.1) is 50.0 Å². The van der Waals surface area contributed by atoms with E-state index in [-0.39, 0.29) is 23.6 Å². The van der Waals surface area contributed by atoms with Gasteiger partial charge in [0, 0.05) is 37.6 Å². The van der Waals surface area contributed by atoms with Gasteiger partial charge in [0.2, 0.25) is 5.95 Å². The summed E-state index contributed by atoms with van der Waals surface area (Å²) in [4.78, 5) is 23.0. The number of ketones is 1. The Bertz CT molecular complexity index is 1840. The van der Waals surface area contributed by atoms with E-state index in [0.29, 0.717) is 36.3 Å². The highest BCUT2D eigenvalue weighted by atomic mass is 32.2. The predicted molar refractivity (Wildman–Crippen MR) is 153 cm³/mol. The van der Waals surface area contributed by atoms with E-state index in [1.54, 1.807) is 41.1 Å². The zero-order chi connectivity index (χ0) is 29.2. The number of nitrogens with zero attached hydrogens (tertiary/aromatic N) is 7. The van der Waals surface area contributed by atoms with E-state index in [1.165, 1.54) is 30.6 Å². The Morgan fingerprint density at radius 3 is 2.62 bits per heavy atom. The summed E-state index contributed by atoms with van der Waals surface area (Å²) in [5.74, 6) is 2.81. The molecule has 2 fully saturated rings. The summed E-state index contributed by atoms with van der Waals surface area (Å²) >= 11 is 0. The van der Waals surface area contributed by atoms with Gasteiger partial charge in [0.25, 0.3) is 0 Å². The van der Waals surface area contributed by atoms with Crippen molar-refractivity contribution in [2.75, 3.05) is 0 Å². The molecule has 4 aromatic heterocycles. The largest absolute Gasteiger partial charge is 0.291 e. The highest BCUT2D eigenvalue weighted by Crippen LogP contribution is 2.52. The van der Waals surface area contributed by atoms with Gasteiger partial charge < -0.3 is 0 Å². The molecule has 0 N–H and O–H groups in total. The summed E-state index contributed by atoms with van der Waals surface area (Å²) in [6, 6.07) is 5.16. The molecular weight excluding hydrogens is 560 g/mol. The zero-order valence-corrected chi connectivity index (χ0v) is 23.8. The Morgan fingerprint density at radius 2 is 1.93 bits per heavy atom. The molecule has 9 nitrogen and oxygen atoms in total. The van der Waals surface area contributed by atoms with E-state index in [2.05, 4.69) is 26.0 Å². The van der Waals surface area contributed by atoms with Crippen molar-refractivity contribution in [3.63, 3.8) is 0 Å². The molecule has 1 unspecified atom stereocenters. The molecule has 0 radical (unpaired) electrons. The Balaban J connectivity index is 1.32. The number of halogens is 2. The first-order chi connectivity index (χ1) is 20.2. The highest BCUT2D eigenvalue weighted by Gasteiger charge is 2.53. The summed E-state index contributed by atoms with van der Waals surface area (Å²) < 4.78 is 47.5. The number of carbonyl (C=O) groups excluding carboxylic acids is 1. The van der Waals surface area contributed by atoms with Crippen LogP contribution in [0.15, 0.2) is 65.7 Å². The second-order valence-corrected chi connectivity index (χ2v) is 13.6. The number of carbonyl (C=O) groups is 1. The Hall–Kier alpha value is -4.03. The van der Waals surface area contributed by atoms with Crippen molar-refractivity contribution in [1.82, 2.24) is 33.8 Å². The third-order valence-electron chi connectivity index (χ3n) is 8.64. The van der Waals surface area contributed by atoms with Crippen LogP contribution in [0.25, 0.3) is 11.8 Å². The number of fused-ring (bicyclic) bond motifs is 2. The molecule has 3 aliphatic rings. The lowest BCUT2D eigenvalue weighted by molar-refractivity contribution is 0.0736. The first-order valence-electron chi connectivity index (χ1n) is 13.9.